The first-order valence-corrected chi connectivity index (χ1v) is 8.23. The van der Waals surface area contributed by atoms with Gasteiger partial charge in [-0.05, 0) is 43.7 Å². The maximum atomic E-state index is 12.8. The van der Waals surface area contributed by atoms with E-state index in [9.17, 15) is 26.4 Å². The van der Waals surface area contributed by atoms with Crippen LogP contribution in [0.4, 0.5) is 13.2 Å². The molecule has 130 valence electrons. The molecule has 0 atom stereocenters. The number of carbonyl (C=O) groups is 1. The van der Waals surface area contributed by atoms with Gasteiger partial charge in [0, 0.05) is 5.69 Å². The summed E-state index contributed by atoms with van der Waals surface area (Å²) in [6, 6.07) is 5.86. The molecule has 1 heterocycles. The average Bonchev–Trinajstić information content (AvgIpc) is 2.90. The Morgan fingerprint density at radius 3 is 2.24 bits per heavy atom. The molecule has 0 saturated heterocycles. The fourth-order valence-corrected chi connectivity index (χ4v) is 2.94. The van der Waals surface area contributed by atoms with E-state index in [1.54, 1.807) is 6.92 Å². The Bertz CT molecular complexity index is 862. The first-order valence-electron chi connectivity index (χ1n) is 6.79. The molecule has 0 radical (unpaired) electrons. The van der Waals surface area contributed by atoms with Crippen molar-refractivity contribution in [3.05, 3.63) is 46.4 Å². The largest absolute Gasteiger partial charge is 1.00 e. The van der Waals surface area contributed by atoms with E-state index >= 15 is 0 Å². The smallest absolute Gasteiger partial charge is 0.542 e. The molecule has 0 aliphatic carbocycles. The Balaban J connectivity index is 0.00000312. The summed E-state index contributed by atoms with van der Waals surface area (Å²) in [7, 11) is -4.13. The van der Waals surface area contributed by atoms with Crippen LogP contribution in [0, 0.1) is 0 Å². The van der Waals surface area contributed by atoms with E-state index in [2.05, 4.69) is 9.82 Å². The summed E-state index contributed by atoms with van der Waals surface area (Å²) >= 11 is 0. The zero-order chi connectivity index (χ0) is 18.1. The number of carbonyl (C=O) groups excluding carboxylic acids is 1. The summed E-state index contributed by atoms with van der Waals surface area (Å²) in [4.78, 5) is 10.6. The van der Waals surface area contributed by atoms with Gasteiger partial charge in [-0.25, -0.2) is 13.1 Å². The Labute approximate surface area is 164 Å². The molecule has 1 amide bonds. The third-order valence-corrected chi connectivity index (χ3v) is 4.43. The number of rotatable bonds is 4. The van der Waals surface area contributed by atoms with Crippen molar-refractivity contribution in [2.75, 3.05) is 0 Å². The number of alkyl halides is 3. The number of hydrogen-bond donors (Lipinski definition) is 0. The van der Waals surface area contributed by atoms with Crippen LogP contribution in [0.5, 0.6) is 0 Å². The predicted octanol–water partition coefficient (Wildman–Crippen LogP) is 0.0664. The van der Waals surface area contributed by atoms with Crippen molar-refractivity contribution >= 4 is 15.9 Å². The molecule has 1 aromatic heterocycles. The predicted molar refractivity (Wildman–Crippen MR) is 79.2 cm³/mol. The monoisotopic (exact) mass is 383 g/mol. The topological polar surface area (TPSA) is 83.1 Å². The van der Waals surface area contributed by atoms with Crippen molar-refractivity contribution in [2.45, 2.75) is 31.3 Å². The molecule has 2 aromatic rings. The normalized spacial score (nSPS) is 11.7. The number of hydrogen-bond acceptors (Lipinski definition) is 4. The van der Waals surface area contributed by atoms with Gasteiger partial charge >= 0.3 is 35.7 Å². The maximum Gasteiger partial charge on any atom is 1.00 e. The molecule has 6 nitrogen and oxygen atoms in total. The molecule has 0 spiro atoms. The van der Waals surface area contributed by atoms with Gasteiger partial charge < -0.3 is 9.52 Å². The number of nitrogens with zero attached hydrogens (tertiary/aromatic N) is 3. The van der Waals surface area contributed by atoms with Crippen molar-refractivity contribution < 1.29 is 55.9 Å². The quantitative estimate of drug-likeness (QED) is 0.700. The van der Waals surface area contributed by atoms with E-state index in [0.717, 1.165) is 29.8 Å². The molecule has 25 heavy (non-hydrogen) atoms. The first kappa shape index (κ1) is 21.7. The minimum atomic E-state index is -4.57. The van der Waals surface area contributed by atoms with E-state index in [1.165, 1.54) is 12.1 Å². The molecular formula is C14H13F3N3NaO3S. The van der Waals surface area contributed by atoms with Crippen molar-refractivity contribution in [1.82, 2.24) is 9.78 Å². The molecule has 0 N–H and O–H groups in total. The van der Waals surface area contributed by atoms with E-state index in [1.807, 2.05) is 0 Å². The molecule has 0 saturated carbocycles. The molecular weight excluding hydrogens is 370 g/mol. The third kappa shape index (κ3) is 5.06. The number of halogens is 3. The molecule has 0 fully saturated rings. The second kappa shape index (κ2) is 7.90. The van der Waals surface area contributed by atoms with Crippen LogP contribution >= 0.6 is 0 Å². The van der Waals surface area contributed by atoms with Crippen LogP contribution in [0.2, 0.25) is 0 Å². The molecule has 11 heteroatoms. The van der Waals surface area contributed by atoms with Crippen LogP contribution in [0.3, 0.4) is 0 Å². The number of benzene rings is 1. The average molecular weight is 383 g/mol. The van der Waals surface area contributed by atoms with Crippen molar-refractivity contribution in [1.29, 1.82) is 0 Å². The van der Waals surface area contributed by atoms with Crippen LogP contribution in [0.15, 0.2) is 35.2 Å². The summed E-state index contributed by atoms with van der Waals surface area (Å²) in [5, 5.41) is 3.53. The Morgan fingerprint density at radius 2 is 1.80 bits per heavy atom. The second-order valence-electron chi connectivity index (χ2n) is 4.86. The fraction of sp³-hybridized carbons (Fsp3) is 0.286. The zero-order valence-corrected chi connectivity index (χ0v) is 16.5. The van der Waals surface area contributed by atoms with Gasteiger partial charge in [0.15, 0.2) is 5.69 Å². The molecule has 1 aromatic carbocycles. The maximum absolute atomic E-state index is 12.8. The molecule has 0 aliphatic rings. The van der Waals surface area contributed by atoms with Crippen LogP contribution in [0.25, 0.3) is 10.4 Å². The number of sulfonamides is 1. The standard InChI is InChI=1S/C14H14F3N3O3S.Na/c1-3-10-8-13(14(15,16)17)18-20(10)11-4-6-12(7-5-11)24(22,23)19-9(2)21;/h4-8H,3H2,1-2H3,(H,19,21);/q;+1/p-1. The van der Waals surface area contributed by atoms with Gasteiger partial charge in [-0.1, -0.05) is 6.92 Å². The number of aromatic nitrogens is 2. The molecule has 2 rings (SSSR count). The summed E-state index contributed by atoms with van der Waals surface area (Å²) < 4.78 is 66.0. The van der Waals surface area contributed by atoms with Gasteiger partial charge in [0.25, 0.3) is 0 Å². The van der Waals surface area contributed by atoms with E-state index in [4.69, 9.17) is 0 Å². The van der Waals surface area contributed by atoms with Gasteiger partial charge in [-0.2, -0.15) is 18.3 Å². The number of amides is 1. The van der Waals surface area contributed by atoms with Crippen LogP contribution in [-0.4, -0.2) is 24.1 Å². The summed E-state index contributed by atoms with van der Waals surface area (Å²) in [5.41, 5.74) is -0.432. The minimum absolute atomic E-state index is 0. The first-order chi connectivity index (χ1) is 11.0. The number of aryl methyl sites for hydroxylation is 1. The summed E-state index contributed by atoms with van der Waals surface area (Å²) in [6.45, 7) is 2.68. The van der Waals surface area contributed by atoms with Crippen LogP contribution in [0.1, 0.15) is 25.2 Å². The van der Waals surface area contributed by atoms with Crippen LogP contribution in [-0.2, 0) is 27.4 Å². The third-order valence-electron chi connectivity index (χ3n) is 3.06. The fourth-order valence-electron chi connectivity index (χ4n) is 2.01. The van der Waals surface area contributed by atoms with Gasteiger partial charge in [0.2, 0.25) is 0 Å². The van der Waals surface area contributed by atoms with Gasteiger partial charge in [-0.15, -0.1) is 0 Å². The minimum Gasteiger partial charge on any atom is -0.542 e. The van der Waals surface area contributed by atoms with E-state index in [-0.39, 0.29) is 40.1 Å². The van der Waals surface area contributed by atoms with E-state index < -0.39 is 27.8 Å². The second-order valence-corrected chi connectivity index (χ2v) is 6.47. The van der Waals surface area contributed by atoms with Gasteiger partial charge in [0.1, 0.15) is 10.0 Å². The van der Waals surface area contributed by atoms with Gasteiger partial charge in [-0.3, -0.25) is 0 Å². The van der Waals surface area contributed by atoms with Crippen molar-refractivity contribution in [3.63, 3.8) is 0 Å². The van der Waals surface area contributed by atoms with Crippen LogP contribution < -0.4 is 29.6 Å². The Kier molecular flexibility index (Phi) is 6.85. The molecule has 0 unspecified atom stereocenters. The summed E-state index contributed by atoms with van der Waals surface area (Å²) in [6.07, 6.45) is -4.26. The van der Waals surface area contributed by atoms with E-state index in [0.29, 0.717) is 12.1 Å². The Morgan fingerprint density at radius 1 is 1.24 bits per heavy atom. The molecule has 0 bridgehead atoms. The zero-order valence-electron chi connectivity index (χ0n) is 13.7. The van der Waals surface area contributed by atoms with Crippen molar-refractivity contribution in [3.8, 4) is 5.69 Å². The summed E-state index contributed by atoms with van der Waals surface area (Å²) in [5.74, 6) is -0.866. The Hall–Kier alpha value is -1.36. The molecule has 0 aliphatic heterocycles. The van der Waals surface area contributed by atoms with Gasteiger partial charge in [0.05, 0.1) is 16.5 Å². The van der Waals surface area contributed by atoms with Crippen molar-refractivity contribution in [2.24, 2.45) is 0 Å². The SMILES string of the molecule is CCc1cc(C(F)(F)F)nn1-c1ccc(S(=O)(=O)[N-]C(C)=O)cc1.[Na+].